The summed E-state index contributed by atoms with van der Waals surface area (Å²) in [4.78, 5) is 13.4. The third-order valence-corrected chi connectivity index (χ3v) is 2.87. The van der Waals surface area contributed by atoms with Crippen molar-refractivity contribution in [2.75, 3.05) is 27.0 Å². The zero-order valence-electron chi connectivity index (χ0n) is 11.0. The zero-order chi connectivity index (χ0) is 13.5. The van der Waals surface area contributed by atoms with Crippen LogP contribution < -0.4 is 9.47 Å². The van der Waals surface area contributed by atoms with Crippen LogP contribution in [0.4, 0.5) is 0 Å². The zero-order valence-corrected chi connectivity index (χ0v) is 11.9. The molecule has 0 saturated carbocycles. The molecule has 1 aromatic rings. The molecule has 0 N–H and O–H groups in total. The Balaban J connectivity index is 2.84. The smallest absolute Gasteiger partial charge is 0.223 e. The molecule has 1 amide bonds. The Hall–Kier alpha value is -1.36. The number of hydrogen-bond donors (Lipinski definition) is 1. The maximum absolute atomic E-state index is 11.7. The van der Waals surface area contributed by atoms with Gasteiger partial charge in [-0.2, -0.15) is 12.6 Å². The maximum atomic E-state index is 11.7. The molecule has 1 aromatic carbocycles. The number of methoxy groups -OCH3 is 2. The molecule has 0 aliphatic rings. The normalized spacial score (nSPS) is 10.0. The van der Waals surface area contributed by atoms with Crippen LogP contribution in [0, 0.1) is 0 Å². The van der Waals surface area contributed by atoms with Crippen molar-refractivity contribution >= 4 is 18.5 Å². The number of ether oxygens (including phenoxy) is 2. The van der Waals surface area contributed by atoms with Crippen LogP contribution >= 0.6 is 12.6 Å². The highest BCUT2D eigenvalue weighted by Crippen LogP contribution is 2.25. The standard InChI is InChI=1S/C13H19NO3S/c1-14(13(15)6-7-18)9-10-8-11(16-2)4-5-12(10)17-3/h4-5,8,18H,6-7,9H2,1-3H3. The summed E-state index contributed by atoms with van der Waals surface area (Å²) in [6.07, 6.45) is 0.436. The van der Waals surface area contributed by atoms with E-state index in [0.29, 0.717) is 18.7 Å². The van der Waals surface area contributed by atoms with Crippen molar-refractivity contribution in [3.8, 4) is 11.5 Å². The third-order valence-electron chi connectivity index (χ3n) is 2.65. The number of rotatable bonds is 6. The minimum absolute atomic E-state index is 0.0647. The second-order valence-corrected chi connectivity index (χ2v) is 4.35. The van der Waals surface area contributed by atoms with Crippen LogP contribution in [0.25, 0.3) is 0 Å². The van der Waals surface area contributed by atoms with Crippen molar-refractivity contribution in [3.05, 3.63) is 23.8 Å². The lowest BCUT2D eigenvalue weighted by molar-refractivity contribution is -0.129. The van der Waals surface area contributed by atoms with Gasteiger partial charge in [0.15, 0.2) is 0 Å². The average molecular weight is 269 g/mol. The summed E-state index contributed by atoms with van der Waals surface area (Å²) in [6.45, 7) is 0.493. The molecule has 0 fully saturated rings. The van der Waals surface area contributed by atoms with Gasteiger partial charge in [0.2, 0.25) is 5.91 Å². The van der Waals surface area contributed by atoms with E-state index in [9.17, 15) is 4.79 Å². The van der Waals surface area contributed by atoms with Gasteiger partial charge in [0.25, 0.3) is 0 Å². The molecular formula is C13H19NO3S. The van der Waals surface area contributed by atoms with Crippen molar-refractivity contribution in [1.82, 2.24) is 4.90 Å². The van der Waals surface area contributed by atoms with Gasteiger partial charge in [-0.3, -0.25) is 4.79 Å². The molecule has 0 spiro atoms. The monoisotopic (exact) mass is 269 g/mol. The Kier molecular flexibility index (Phi) is 5.85. The highest BCUT2D eigenvalue weighted by Gasteiger charge is 2.12. The summed E-state index contributed by atoms with van der Waals surface area (Å²) in [5, 5.41) is 0. The molecule has 0 aromatic heterocycles. The lowest BCUT2D eigenvalue weighted by Crippen LogP contribution is -2.26. The number of amides is 1. The lowest BCUT2D eigenvalue weighted by Gasteiger charge is -2.19. The molecule has 100 valence electrons. The van der Waals surface area contributed by atoms with Gasteiger partial charge in [-0.15, -0.1) is 0 Å². The molecule has 0 aliphatic heterocycles. The van der Waals surface area contributed by atoms with E-state index in [2.05, 4.69) is 12.6 Å². The van der Waals surface area contributed by atoms with Gasteiger partial charge in [-0.05, 0) is 24.0 Å². The SMILES string of the molecule is COc1ccc(OC)c(CN(C)C(=O)CCS)c1. The van der Waals surface area contributed by atoms with Crippen molar-refractivity contribution in [2.45, 2.75) is 13.0 Å². The Morgan fingerprint density at radius 3 is 2.61 bits per heavy atom. The second kappa shape index (κ2) is 7.16. The second-order valence-electron chi connectivity index (χ2n) is 3.90. The predicted molar refractivity (Wildman–Crippen MR) is 74.5 cm³/mol. The minimum atomic E-state index is 0.0647. The molecule has 0 radical (unpaired) electrons. The number of carbonyl (C=O) groups is 1. The van der Waals surface area contributed by atoms with Crippen LogP contribution in [-0.2, 0) is 11.3 Å². The van der Waals surface area contributed by atoms with Gasteiger partial charge in [-0.25, -0.2) is 0 Å². The minimum Gasteiger partial charge on any atom is -0.497 e. The van der Waals surface area contributed by atoms with Crippen LogP contribution in [0.2, 0.25) is 0 Å². The van der Waals surface area contributed by atoms with Crippen LogP contribution in [0.1, 0.15) is 12.0 Å². The molecule has 0 bridgehead atoms. The van der Waals surface area contributed by atoms with E-state index in [4.69, 9.17) is 9.47 Å². The van der Waals surface area contributed by atoms with Crippen LogP contribution in [0.3, 0.4) is 0 Å². The summed E-state index contributed by atoms with van der Waals surface area (Å²) >= 11 is 4.06. The van der Waals surface area contributed by atoms with E-state index in [0.717, 1.165) is 17.1 Å². The maximum Gasteiger partial charge on any atom is 0.223 e. The van der Waals surface area contributed by atoms with Gasteiger partial charge in [0, 0.05) is 25.6 Å². The molecule has 18 heavy (non-hydrogen) atoms. The van der Waals surface area contributed by atoms with Gasteiger partial charge < -0.3 is 14.4 Å². The molecule has 0 aliphatic carbocycles. The van der Waals surface area contributed by atoms with E-state index in [1.807, 2.05) is 18.2 Å². The number of hydrogen-bond acceptors (Lipinski definition) is 4. The quantitative estimate of drug-likeness (QED) is 0.803. The van der Waals surface area contributed by atoms with Gasteiger partial charge in [-0.1, -0.05) is 0 Å². The Labute approximate surface area is 113 Å². The van der Waals surface area contributed by atoms with Gasteiger partial charge in [0.1, 0.15) is 11.5 Å². The molecule has 0 atom stereocenters. The number of thiol groups is 1. The fourth-order valence-electron chi connectivity index (χ4n) is 1.64. The molecule has 5 heteroatoms. The summed E-state index contributed by atoms with van der Waals surface area (Å²) in [7, 11) is 4.99. The average Bonchev–Trinajstić information content (AvgIpc) is 2.38. The molecule has 0 saturated heterocycles. The number of carbonyl (C=O) groups excluding carboxylic acids is 1. The lowest BCUT2D eigenvalue weighted by atomic mass is 10.1. The first-order chi connectivity index (χ1) is 8.62. The summed E-state index contributed by atoms with van der Waals surface area (Å²) in [5.41, 5.74) is 0.923. The van der Waals surface area contributed by atoms with Gasteiger partial charge in [0.05, 0.1) is 14.2 Å². The first-order valence-corrected chi connectivity index (χ1v) is 6.31. The molecule has 0 unspecified atom stereocenters. The van der Waals surface area contributed by atoms with E-state index in [1.54, 1.807) is 26.2 Å². The molecular weight excluding hydrogens is 250 g/mol. The van der Waals surface area contributed by atoms with Crippen molar-refractivity contribution in [1.29, 1.82) is 0 Å². The van der Waals surface area contributed by atoms with E-state index >= 15 is 0 Å². The Bertz CT molecular complexity index is 409. The topological polar surface area (TPSA) is 38.8 Å². The van der Waals surface area contributed by atoms with E-state index in [-0.39, 0.29) is 5.91 Å². The number of benzene rings is 1. The first kappa shape index (κ1) is 14.7. The fraction of sp³-hybridized carbons (Fsp3) is 0.462. The van der Waals surface area contributed by atoms with Crippen LogP contribution in [0.15, 0.2) is 18.2 Å². The van der Waals surface area contributed by atoms with Crippen molar-refractivity contribution < 1.29 is 14.3 Å². The molecule has 4 nitrogen and oxygen atoms in total. The molecule has 1 rings (SSSR count). The van der Waals surface area contributed by atoms with Gasteiger partial charge >= 0.3 is 0 Å². The molecule has 0 heterocycles. The Morgan fingerprint density at radius 1 is 1.33 bits per heavy atom. The highest BCUT2D eigenvalue weighted by atomic mass is 32.1. The van der Waals surface area contributed by atoms with Crippen LogP contribution in [-0.4, -0.2) is 37.8 Å². The first-order valence-electron chi connectivity index (χ1n) is 5.68. The summed E-state index contributed by atoms with van der Waals surface area (Å²) < 4.78 is 10.4. The van der Waals surface area contributed by atoms with E-state index < -0.39 is 0 Å². The van der Waals surface area contributed by atoms with Crippen molar-refractivity contribution in [3.63, 3.8) is 0 Å². The Morgan fingerprint density at radius 2 is 2.06 bits per heavy atom. The van der Waals surface area contributed by atoms with Crippen molar-refractivity contribution in [2.24, 2.45) is 0 Å². The predicted octanol–water partition coefficient (Wildman–Crippen LogP) is 1.98. The largest absolute Gasteiger partial charge is 0.497 e. The third kappa shape index (κ3) is 3.84. The fourth-order valence-corrected chi connectivity index (χ4v) is 1.83. The highest BCUT2D eigenvalue weighted by molar-refractivity contribution is 7.80. The van der Waals surface area contributed by atoms with Crippen LogP contribution in [0.5, 0.6) is 11.5 Å². The summed E-state index contributed by atoms with van der Waals surface area (Å²) in [5.74, 6) is 2.12. The number of nitrogens with zero attached hydrogens (tertiary/aromatic N) is 1. The van der Waals surface area contributed by atoms with E-state index in [1.165, 1.54) is 0 Å². The summed E-state index contributed by atoms with van der Waals surface area (Å²) in [6, 6.07) is 5.55.